The Kier molecular flexibility index (Phi) is 127. The standard InChI is InChI=1S/C5H5.3CO.Cr.Na/c1-2-4-5-3-1;3*1-2;;/h1-5H;;;;;. The van der Waals surface area contributed by atoms with Gasteiger partial charge in [0.2, 0.25) is 0 Å². The first-order valence-electron chi connectivity index (χ1n) is 2.28. The summed E-state index contributed by atoms with van der Waals surface area (Å²) in [7, 11) is 0. The molecule has 1 rings (SSSR count). The van der Waals surface area contributed by atoms with Gasteiger partial charge < -0.3 is 0 Å². The predicted molar refractivity (Wildman–Crippen MR) is 40.1 cm³/mol. The Labute approximate surface area is 111 Å². The van der Waals surface area contributed by atoms with E-state index in [1.165, 1.54) is 0 Å². The molecule has 2 radical (unpaired) electrons. The van der Waals surface area contributed by atoms with Crippen molar-refractivity contribution in [1.82, 2.24) is 0 Å². The molecule has 1 aliphatic rings. The predicted octanol–water partition coefficient (Wildman–Crippen LogP) is 0.821. The molecule has 13 heavy (non-hydrogen) atoms. The first-order valence-corrected chi connectivity index (χ1v) is 2.28. The van der Waals surface area contributed by atoms with Crippen molar-refractivity contribution >= 4 is 29.6 Å². The molecule has 0 aliphatic heterocycles. The fraction of sp³-hybridized carbons (Fsp3) is 0. The molecule has 0 aromatic carbocycles. The van der Waals surface area contributed by atoms with E-state index in [0.717, 1.165) is 0 Å². The van der Waals surface area contributed by atoms with Crippen LogP contribution in [0.1, 0.15) is 0 Å². The Balaban J connectivity index is -0.0000000239. The molecule has 0 aromatic heterocycles. The molecule has 0 unspecified atom stereocenters. The fourth-order valence-electron chi connectivity index (χ4n) is 0.321. The van der Waals surface area contributed by atoms with Crippen molar-refractivity contribution in [3.05, 3.63) is 50.7 Å². The fourth-order valence-corrected chi connectivity index (χ4v) is 0.321. The SMILES string of the molecule is [C-]#[O+].[C-]#[O+].[C-]#[O+].[CH]1C=CC=C1.[Cr].[Na]. The molecule has 0 saturated heterocycles. The van der Waals surface area contributed by atoms with Crippen molar-refractivity contribution in [3.8, 4) is 0 Å². The van der Waals surface area contributed by atoms with Crippen molar-refractivity contribution in [3.63, 3.8) is 0 Å². The van der Waals surface area contributed by atoms with Crippen LogP contribution in [0.5, 0.6) is 0 Å². The summed E-state index contributed by atoms with van der Waals surface area (Å²) < 4.78 is 22.5. The molecular formula is C8H5CrNaO3. The second-order valence-corrected chi connectivity index (χ2v) is 0.962. The molecule has 0 spiro atoms. The number of hydrogen-bond acceptors (Lipinski definition) is 0. The molecule has 0 fully saturated rings. The number of hydrogen-bond donors (Lipinski definition) is 0. The minimum Gasteiger partial charge on any atom is -0.0767 e. The largest absolute Gasteiger partial charge is 0.0767 e. The van der Waals surface area contributed by atoms with Gasteiger partial charge in [-0.05, 0) is 0 Å². The van der Waals surface area contributed by atoms with Gasteiger partial charge >= 0.3 is 33.9 Å². The average molecular weight is 224 g/mol. The molecule has 0 amide bonds. The van der Waals surface area contributed by atoms with Crippen LogP contribution < -0.4 is 0 Å². The van der Waals surface area contributed by atoms with Crippen LogP contribution in [0.25, 0.3) is 0 Å². The van der Waals surface area contributed by atoms with Gasteiger partial charge in [-0.15, -0.1) is 0 Å². The zero-order valence-electron chi connectivity index (χ0n) is 7.02. The zero-order chi connectivity index (χ0) is 9.54. The van der Waals surface area contributed by atoms with Crippen LogP contribution in [0.15, 0.2) is 24.3 Å². The molecule has 5 heteroatoms. The summed E-state index contributed by atoms with van der Waals surface area (Å²) >= 11 is 0. The quantitative estimate of drug-likeness (QED) is 0.332. The molecule has 0 saturated carbocycles. The van der Waals surface area contributed by atoms with Gasteiger partial charge in [-0.25, -0.2) is 0 Å². The van der Waals surface area contributed by atoms with Crippen LogP contribution in [0, 0.1) is 26.4 Å². The van der Waals surface area contributed by atoms with Crippen molar-refractivity contribution in [2.75, 3.05) is 0 Å². The molecule has 1 aliphatic carbocycles. The van der Waals surface area contributed by atoms with E-state index in [4.69, 9.17) is 14.0 Å². The smallest absolute Gasteiger partial charge is 0.00506 e. The average Bonchev–Trinajstić information content (AvgIpc) is 2.71. The summed E-state index contributed by atoms with van der Waals surface area (Å²) in [6, 6.07) is 0. The van der Waals surface area contributed by atoms with Crippen LogP contribution in [0.3, 0.4) is 0 Å². The minimum absolute atomic E-state index is 0. The number of allylic oxidation sites excluding steroid dienone is 4. The summed E-state index contributed by atoms with van der Waals surface area (Å²) in [6.45, 7) is 13.5. The number of rotatable bonds is 0. The Hall–Kier alpha value is 0.232. The van der Waals surface area contributed by atoms with Gasteiger partial charge in [-0.2, -0.15) is 0 Å². The second-order valence-electron chi connectivity index (χ2n) is 0.962. The Bertz CT molecular complexity index is 146. The Morgan fingerprint density at radius 1 is 0.615 bits per heavy atom. The first kappa shape index (κ1) is 29.2. The molecule has 3 nitrogen and oxygen atoms in total. The molecule has 62 valence electrons. The van der Waals surface area contributed by atoms with Crippen molar-refractivity contribution in [2.45, 2.75) is 0 Å². The van der Waals surface area contributed by atoms with Crippen LogP contribution in [0.2, 0.25) is 0 Å². The maximum Gasteiger partial charge on any atom is 0.00506 e. The topological polar surface area (TPSA) is 59.7 Å². The summed E-state index contributed by atoms with van der Waals surface area (Å²) in [4.78, 5) is 0. The molecule has 0 bridgehead atoms. The third kappa shape index (κ3) is 46.8. The van der Waals surface area contributed by atoms with Crippen LogP contribution in [-0.4, -0.2) is 29.6 Å². The second kappa shape index (κ2) is 56.4. The van der Waals surface area contributed by atoms with Gasteiger partial charge in [0.25, 0.3) is 0 Å². The van der Waals surface area contributed by atoms with Crippen molar-refractivity contribution in [2.24, 2.45) is 0 Å². The normalized spacial score (nSPS) is 7.23. The van der Waals surface area contributed by atoms with Crippen LogP contribution in [-0.2, 0) is 31.3 Å². The van der Waals surface area contributed by atoms with Gasteiger partial charge in [0.05, 0.1) is 0 Å². The van der Waals surface area contributed by atoms with E-state index in [-0.39, 0.29) is 46.9 Å². The summed E-state index contributed by atoms with van der Waals surface area (Å²) in [5.74, 6) is 0. The van der Waals surface area contributed by atoms with E-state index in [1.54, 1.807) is 0 Å². The monoisotopic (exact) mass is 224 g/mol. The molecule has 0 N–H and O–H groups in total. The van der Waals surface area contributed by atoms with E-state index in [2.05, 4.69) is 20.0 Å². The molecule has 0 atom stereocenters. The van der Waals surface area contributed by atoms with Crippen molar-refractivity contribution in [1.29, 1.82) is 0 Å². The van der Waals surface area contributed by atoms with Gasteiger partial charge in [0, 0.05) is 53.3 Å². The third-order valence-electron chi connectivity index (χ3n) is 0.556. The maximum atomic E-state index is 7.50. The van der Waals surface area contributed by atoms with E-state index < -0.39 is 0 Å². The summed E-state index contributed by atoms with van der Waals surface area (Å²) in [5.41, 5.74) is 0. The summed E-state index contributed by atoms with van der Waals surface area (Å²) in [6.07, 6.45) is 10.0. The van der Waals surface area contributed by atoms with Crippen molar-refractivity contribution < 1.29 is 31.3 Å². The Morgan fingerprint density at radius 2 is 0.846 bits per heavy atom. The van der Waals surface area contributed by atoms with Gasteiger partial charge in [0.15, 0.2) is 0 Å². The van der Waals surface area contributed by atoms with Gasteiger partial charge in [0.1, 0.15) is 0 Å². The molecule has 0 heterocycles. The van der Waals surface area contributed by atoms with E-state index in [9.17, 15) is 0 Å². The first-order chi connectivity index (χ1) is 5.50. The molecule has 0 aromatic rings. The van der Waals surface area contributed by atoms with E-state index in [0.29, 0.717) is 0 Å². The third-order valence-corrected chi connectivity index (χ3v) is 0.556. The van der Waals surface area contributed by atoms with E-state index >= 15 is 0 Å². The van der Waals surface area contributed by atoms with Gasteiger partial charge in [-0.3, -0.25) is 0 Å². The summed E-state index contributed by atoms with van der Waals surface area (Å²) in [5, 5.41) is 0. The Morgan fingerprint density at radius 3 is 0.923 bits per heavy atom. The van der Waals surface area contributed by atoms with Crippen LogP contribution >= 0.6 is 0 Å². The minimum atomic E-state index is 0. The van der Waals surface area contributed by atoms with E-state index in [1.807, 2.05) is 30.7 Å². The van der Waals surface area contributed by atoms with Crippen LogP contribution in [0.4, 0.5) is 0 Å². The zero-order valence-corrected chi connectivity index (χ0v) is 10.3. The molecular weight excluding hydrogens is 219 g/mol. The maximum absolute atomic E-state index is 7.50. The van der Waals surface area contributed by atoms with Gasteiger partial charge in [-0.1, -0.05) is 24.3 Å².